The first-order valence-corrected chi connectivity index (χ1v) is 8.02. The lowest BCUT2D eigenvalue weighted by molar-refractivity contribution is -0.137. The summed E-state index contributed by atoms with van der Waals surface area (Å²) in [6.07, 6.45) is -4.39. The number of halogens is 3. The predicted molar refractivity (Wildman–Crippen MR) is 94.0 cm³/mol. The van der Waals surface area contributed by atoms with Crippen molar-refractivity contribution < 1.29 is 22.7 Å². The molecular formula is C19H21F3N2O2. The monoisotopic (exact) mass is 366 g/mol. The third-order valence-electron chi connectivity index (χ3n) is 4.11. The molecule has 2 aromatic rings. The summed E-state index contributed by atoms with van der Waals surface area (Å²) in [6, 6.07) is 11.4. The van der Waals surface area contributed by atoms with E-state index in [0.717, 1.165) is 23.4 Å². The molecule has 26 heavy (non-hydrogen) atoms. The number of carbonyl (C=O) groups excluding carboxylic acids is 1. The molecule has 140 valence electrons. The van der Waals surface area contributed by atoms with Gasteiger partial charge in [0, 0.05) is 12.2 Å². The highest BCUT2D eigenvalue weighted by Crippen LogP contribution is 2.29. The third-order valence-corrected chi connectivity index (χ3v) is 4.11. The van der Waals surface area contributed by atoms with Crippen molar-refractivity contribution in [3.8, 4) is 5.75 Å². The van der Waals surface area contributed by atoms with E-state index in [-0.39, 0.29) is 5.91 Å². The van der Waals surface area contributed by atoms with E-state index >= 15 is 0 Å². The van der Waals surface area contributed by atoms with Crippen LogP contribution >= 0.6 is 0 Å². The van der Waals surface area contributed by atoms with Crippen molar-refractivity contribution in [3.05, 3.63) is 59.7 Å². The molecule has 0 saturated heterocycles. The Morgan fingerprint density at radius 2 is 1.69 bits per heavy atom. The zero-order valence-electron chi connectivity index (χ0n) is 14.8. The number of benzene rings is 2. The van der Waals surface area contributed by atoms with Crippen molar-refractivity contribution in [1.82, 2.24) is 4.90 Å². The highest BCUT2D eigenvalue weighted by molar-refractivity contribution is 5.94. The summed E-state index contributed by atoms with van der Waals surface area (Å²) < 4.78 is 42.8. The number of rotatable bonds is 6. The maximum Gasteiger partial charge on any atom is 0.416 e. The van der Waals surface area contributed by atoms with Crippen LogP contribution in [-0.4, -0.2) is 31.0 Å². The number of nitrogens with one attached hydrogen (secondary N) is 1. The number of alkyl halides is 3. The van der Waals surface area contributed by atoms with Crippen LogP contribution in [-0.2, 0) is 17.5 Å². The fraction of sp³-hybridized carbons (Fsp3) is 0.316. The molecule has 2 aromatic carbocycles. The lowest BCUT2D eigenvalue weighted by Crippen LogP contribution is -2.39. The molecule has 0 heterocycles. The summed E-state index contributed by atoms with van der Waals surface area (Å²) in [4.78, 5) is 14.2. The molecule has 0 fully saturated rings. The SMILES string of the molecule is COc1ccc(CN(C)[C@H](C)C(=O)Nc2ccc(C(F)(F)F)cc2)cc1. The molecule has 0 aliphatic rings. The first-order valence-electron chi connectivity index (χ1n) is 8.02. The largest absolute Gasteiger partial charge is 0.497 e. The second-order valence-corrected chi connectivity index (χ2v) is 6.00. The Morgan fingerprint density at radius 3 is 2.19 bits per heavy atom. The van der Waals surface area contributed by atoms with Crippen LogP contribution in [0.5, 0.6) is 5.75 Å². The Hall–Kier alpha value is -2.54. The summed E-state index contributed by atoms with van der Waals surface area (Å²) in [5.74, 6) is 0.463. The first kappa shape index (κ1) is 19.8. The van der Waals surface area contributed by atoms with Gasteiger partial charge in [0.1, 0.15) is 5.75 Å². The Kier molecular flexibility index (Phi) is 6.26. The topological polar surface area (TPSA) is 41.6 Å². The highest BCUT2D eigenvalue weighted by atomic mass is 19.4. The van der Waals surface area contributed by atoms with E-state index < -0.39 is 17.8 Å². The van der Waals surface area contributed by atoms with Crippen molar-refractivity contribution >= 4 is 11.6 Å². The first-order chi connectivity index (χ1) is 12.2. The lowest BCUT2D eigenvalue weighted by atomic mass is 10.1. The molecule has 0 spiro atoms. The molecule has 0 aliphatic heterocycles. The van der Waals surface area contributed by atoms with E-state index in [4.69, 9.17) is 4.74 Å². The van der Waals surface area contributed by atoms with Crippen molar-refractivity contribution in [1.29, 1.82) is 0 Å². The maximum absolute atomic E-state index is 12.6. The third kappa shape index (κ3) is 5.23. The molecule has 0 unspecified atom stereocenters. The second kappa shape index (κ2) is 8.23. The van der Waals surface area contributed by atoms with Gasteiger partial charge < -0.3 is 10.1 Å². The minimum atomic E-state index is -4.39. The summed E-state index contributed by atoms with van der Waals surface area (Å²) >= 11 is 0. The molecule has 0 aromatic heterocycles. The Balaban J connectivity index is 1.95. The molecule has 0 aliphatic carbocycles. The van der Waals surface area contributed by atoms with E-state index in [9.17, 15) is 18.0 Å². The fourth-order valence-electron chi connectivity index (χ4n) is 2.35. The van der Waals surface area contributed by atoms with Gasteiger partial charge in [0.05, 0.1) is 18.7 Å². The molecule has 0 radical (unpaired) electrons. The van der Waals surface area contributed by atoms with Crippen molar-refractivity contribution in [2.45, 2.75) is 25.7 Å². The van der Waals surface area contributed by atoms with Crippen LogP contribution in [0.3, 0.4) is 0 Å². The van der Waals surface area contributed by atoms with Gasteiger partial charge in [0.15, 0.2) is 0 Å². The molecular weight excluding hydrogens is 345 g/mol. The fourth-order valence-corrected chi connectivity index (χ4v) is 2.35. The number of ether oxygens (including phenoxy) is 1. The number of nitrogens with zero attached hydrogens (tertiary/aromatic N) is 1. The number of methoxy groups -OCH3 is 1. The van der Waals surface area contributed by atoms with Crippen LogP contribution in [0.25, 0.3) is 0 Å². The molecule has 1 amide bonds. The van der Waals surface area contributed by atoms with E-state index in [2.05, 4.69) is 5.32 Å². The van der Waals surface area contributed by atoms with Gasteiger partial charge in [-0.1, -0.05) is 12.1 Å². The van der Waals surface area contributed by atoms with Gasteiger partial charge in [0.25, 0.3) is 0 Å². The number of anilines is 1. The van der Waals surface area contributed by atoms with Gasteiger partial charge in [-0.05, 0) is 55.9 Å². The standard InChI is InChI=1S/C19H21F3N2O2/c1-13(24(2)12-14-4-10-17(26-3)11-5-14)18(25)23-16-8-6-15(7-9-16)19(20,21)22/h4-11,13H,12H2,1-3H3,(H,23,25)/t13-/m1/s1. The Morgan fingerprint density at radius 1 is 1.12 bits per heavy atom. The minimum Gasteiger partial charge on any atom is -0.497 e. The maximum atomic E-state index is 12.6. The van der Waals surface area contributed by atoms with Crippen LogP contribution in [0.2, 0.25) is 0 Å². The number of amides is 1. The van der Waals surface area contributed by atoms with Crippen LogP contribution in [0, 0.1) is 0 Å². The lowest BCUT2D eigenvalue weighted by Gasteiger charge is -2.24. The van der Waals surface area contributed by atoms with Gasteiger partial charge in [-0.15, -0.1) is 0 Å². The van der Waals surface area contributed by atoms with Crippen LogP contribution < -0.4 is 10.1 Å². The van der Waals surface area contributed by atoms with E-state index in [1.165, 1.54) is 12.1 Å². The molecule has 0 saturated carbocycles. The molecule has 4 nitrogen and oxygen atoms in total. The van der Waals surface area contributed by atoms with Gasteiger partial charge >= 0.3 is 6.18 Å². The van der Waals surface area contributed by atoms with Gasteiger partial charge in [-0.25, -0.2) is 0 Å². The summed E-state index contributed by atoms with van der Waals surface area (Å²) in [7, 11) is 3.40. The summed E-state index contributed by atoms with van der Waals surface area (Å²) in [5, 5.41) is 2.64. The molecule has 1 N–H and O–H groups in total. The number of hydrogen-bond donors (Lipinski definition) is 1. The van der Waals surface area contributed by atoms with Crippen LogP contribution in [0.1, 0.15) is 18.1 Å². The van der Waals surface area contributed by atoms with Crippen LogP contribution in [0.15, 0.2) is 48.5 Å². The normalized spacial score (nSPS) is 12.7. The predicted octanol–water partition coefficient (Wildman–Crippen LogP) is 4.17. The van der Waals surface area contributed by atoms with Gasteiger partial charge in [-0.2, -0.15) is 13.2 Å². The summed E-state index contributed by atoms with van der Waals surface area (Å²) in [6.45, 7) is 2.29. The smallest absolute Gasteiger partial charge is 0.416 e. The van der Waals surface area contributed by atoms with E-state index in [0.29, 0.717) is 12.2 Å². The molecule has 0 bridgehead atoms. The van der Waals surface area contributed by atoms with Crippen molar-refractivity contribution in [3.63, 3.8) is 0 Å². The average Bonchev–Trinajstić information content (AvgIpc) is 2.61. The minimum absolute atomic E-state index is 0.291. The quantitative estimate of drug-likeness (QED) is 0.834. The van der Waals surface area contributed by atoms with Gasteiger partial charge in [-0.3, -0.25) is 9.69 Å². The Labute approximate surface area is 150 Å². The molecule has 1 atom stereocenters. The van der Waals surface area contributed by atoms with Gasteiger partial charge in [0.2, 0.25) is 5.91 Å². The van der Waals surface area contributed by atoms with Crippen LogP contribution in [0.4, 0.5) is 18.9 Å². The zero-order chi connectivity index (χ0) is 19.3. The second-order valence-electron chi connectivity index (χ2n) is 6.00. The van der Waals surface area contributed by atoms with E-state index in [1.54, 1.807) is 21.1 Å². The number of carbonyl (C=O) groups is 1. The molecule has 2 rings (SSSR count). The van der Waals surface area contributed by atoms with E-state index in [1.807, 2.05) is 29.2 Å². The summed E-state index contributed by atoms with van der Waals surface area (Å²) in [5.41, 5.74) is 0.593. The molecule has 7 heteroatoms. The zero-order valence-corrected chi connectivity index (χ0v) is 14.8. The Bertz CT molecular complexity index is 728. The van der Waals surface area contributed by atoms with Crippen molar-refractivity contribution in [2.75, 3.05) is 19.5 Å². The number of likely N-dealkylation sites (N-methyl/N-ethyl adjacent to an activating group) is 1. The average molecular weight is 366 g/mol. The number of hydrogen-bond acceptors (Lipinski definition) is 3. The van der Waals surface area contributed by atoms with Crippen molar-refractivity contribution in [2.24, 2.45) is 0 Å². The highest BCUT2D eigenvalue weighted by Gasteiger charge is 2.30.